The van der Waals surface area contributed by atoms with Crippen molar-refractivity contribution >= 4 is 21.9 Å². The number of amides is 1. The zero-order chi connectivity index (χ0) is 14.6. The van der Waals surface area contributed by atoms with Gasteiger partial charge in [-0.1, -0.05) is 0 Å². The average molecular weight is 287 g/mol. The minimum atomic E-state index is -3.70. The zero-order valence-electron chi connectivity index (χ0n) is 10.6. The summed E-state index contributed by atoms with van der Waals surface area (Å²) >= 11 is 0. The summed E-state index contributed by atoms with van der Waals surface area (Å²) in [5.74, 6) is -1.89. The van der Waals surface area contributed by atoms with E-state index in [0.717, 1.165) is 0 Å². The smallest absolute Gasteiger partial charge is 0.372 e. The molecule has 0 bridgehead atoms. The van der Waals surface area contributed by atoms with Gasteiger partial charge < -0.3 is 9.52 Å². The highest BCUT2D eigenvalue weighted by atomic mass is 32.2. The highest BCUT2D eigenvalue weighted by molar-refractivity contribution is 7.94. The van der Waals surface area contributed by atoms with Gasteiger partial charge in [0.2, 0.25) is 5.76 Å². The first-order valence-electron chi connectivity index (χ1n) is 5.48. The van der Waals surface area contributed by atoms with Gasteiger partial charge in [-0.2, -0.15) is 0 Å². The van der Waals surface area contributed by atoms with Gasteiger partial charge in [0.05, 0.1) is 6.54 Å². The molecule has 8 heteroatoms. The Labute approximate surface area is 109 Å². The number of furan rings is 1. The van der Waals surface area contributed by atoms with Crippen LogP contribution < -0.4 is 0 Å². The maximum Gasteiger partial charge on any atom is 0.372 e. The molecule has 1 aromatic rings. The van der Waals surface area contributed by atoms with E-state index >= 15 is 0 Å². The second-order valence-electron chi connectivity index (χ2n) is 4.86. The molecule has 1 aliphatic heterocycles. The lowest BCUT2D eigenvalue weighted by Crippen LogP contribution is -2.66. The molecular weight excluding hydrogens is 274 g/mol. The van der Waals surface area contributed by atoms with Crippen molar-refractivity contribution in [2.24, 2.45) is 0 Å². The number of aromatic carboxylic acids is 1. The van der Waals surface area contributed by atoms with Gasteiger partial charge in [0.25, 0.3) is 15.9 Å². The van der Waals surface area contributed by atoms with E-state index in [1.807, 2.05) is 0 Å². The van der Waals surface area contributed by atoms with Crippen molar-refractivity contribution in [1.29, 1.82) is 0 Å². The summed E-state index contributed by atoms with van der Waals surface area (Å²) in [6.07, 6.45) is 0. The Morgan fingerprint density at radius 3 is 2.47 bits per heavy atom. The van der Waals surface area contributed by atoms with Crippen LogP contribution >= 0.6 is 0 Å². The fourth-order valence-electron chi connectivity index (χ4n) is 1.89. The predicted molar refractivity (Wildman–Crippen MR) is 64.0 cm³/mol. The van der Waals surface area contributed by atoms with Crippen molar-refractivity contribution in [1.82, 2.24) is 4.31 Å². The summed E-state index contributed by atoms with van der Waals surface area (Å²) < 4.78 is 28.0. The van der Waals surface area contributed by atoms with Crippen LogP contribution in [0.25, 0.3) is 0 Å². The van der Waals surface area contributed by atoms with E-state index in [1.54, 1.807) is 0 Å². The minimum absolute atomic E-state index is 0.127. The molecule has 0 aromatic carbocycles. The Hall–Kier alpha value is -1.83. The van der Waals surface area contributed by atoms with Crippen molar-refractivity contribution < 1.29 is 27.5 Å². The van der Waals surface area contributed by atoms with Gasteiger partial charge in [0.15, 0.2) is 4.75 Å². The number of sulfonamides is 1. The molecular formula is C11H13NO6S. The number of hydrogen-bond donors (Lipinski definition) is 1. The molecule has 0 aliphatic carbocycles. The first kappa shape index (κ1) is 13.6. The van der Waals surface area contributed by atoms with Gasteiger partial charge in [-0.25, -0.2) is 17.5 Å². The van der Waals surface area contributed by atoms with Gasteiger partial charge in [-0.05, 0) is 26.8 Å². The molecule has 0 atom stereocenters. The number of carboxylic acids is 1. The zero-order valence-corrected chi connectivity index (χ0v) is 11.4. The summed E-state index contributed by atoms with van der Waals surface area (Å²) in [5.41, 5.74) is 0.382. The monoisotopic (exact) mass is 287 g/mol. The quantitative estimate of drug-likeness (QED) is 0.879. The van der Waals surface area contributed by atoms with Crippen LogP contribution in [-0.2, 0) is 21.4 Å². The van der Waals surface area contributed by atoms with E-state index in [0.29, 0.717) is 9.87 Å². The number of rotatable bonds is 3. The Balaban J connectivity index is 2.27. The molecule has 2 heterocycles. The normalized spacial score (nSPS) is 20.2. The van der Waals surface area contributed by atoms with Gasteiger partial charge >= 0.3 is 5.97 Å². The largest absolute Gasteiger partial charge is 0.475 e. The second kappa shape index (κ2) is 3.83. The molecule has 1 aromatic heterocycles. The Bertz CT molecular complexity index is 669. The van der Waals surface area contributed by atoms with E-state index in [4.69, 9.17) is 9.52 Å². The number of aryl methyl sites for hydroxylation is 1. The maximum atomic E-state index is 11.9. The molecule has 1 fully saturated rings. The Morgan fingerprint density at radius 1 is 1.47 bits per heavy atom. The van der Waals surface area contributed by atoms with Crippen molar-refractivity contribution in [2.45, 2.75) is 32.1 Å². The third kappa shape index (κ3) is 1.74. The maximum absolute atomic E-state index is 11.9. The molecule has 1 aliphatic rings. The molecule has 2 rings (SSSR count). The van der Waals surface area contributed by atoms with Gasteiger partial charge in [-0.15, -0.1) is 0 Å². The molecule has 7 nitrogen and oxygen atoms in total. The predicted octanol–water partition coefficient (Wildman–Crippen LogP) is 0.737. The highest BCUT2D eigenvalue weighted by Gasteiger charge is 2.60. The molecule has 1 saturated heterocycles. The van der Waals surface area contributed by atoms with E-state index in [2.05, 4.69) is 0 Å². The van der Waals surface area contributed by atoms with E-state index in [9.17, 15) is 18.0 Å². The first-order chi connectivity index (χ1) is 8.59. The topological polar surface area (TPSA) is 105 Å². The Morgan fingerprint density at radius 2 is 2.05 bits per heavy atom. The number of nitrogens with zero attached hydrogens (tertiary/aromatic N) is 1. The van der Waals surface area contributed by atoms with Crippen molar-refractivity contribution in [3.63, 3.8) is 0 Å². The van der Waals surface area contributed by atoms with Gasteiger partial charge in [0.1, 0.15) is 5.76 Å². The minimum Gasteiger partial charge on any atom is -0.475 e. The fourth-order valence-corrected chi connectivity index (χ4v) is 3.39. The van der Waals surface area contributed by atoms with Gasteiger partial charge in [0, 0.05) is 5.56 Å². The second-order valence-corrected chi connectivity index (χ2v) is 7.27. The van der Waals surface area contributed by atoms with Crippen LogP contribution in [0, 0.1) is 6.92 Å². The fraction of sp³-hybridized carbons (Fsp3) is 0.455. The SMILES string of the molecule is Cc1cc(CN2C(=O)C(C)(C)S2(=O)=O)oc1C(=O)O. The highest BCUT2D eigenvalue weighted by Crippen LogP contribution is 2.36. The van der Waals surface area contributed by atoms with Crippen LogP contribution in [0.1, 0.15) is 35.7 Å². The molecule has 0 spiro atoms. The van der Waals surface area contributed by atoms with E-state index in [1.165, 1.54) is 26.8 Å². The van der Waals surface area contributed by atoms with Crippen LogP contribution in [0.3, 0.4) is 0 Å². The summed E-state index contributed by atoms with van der Waals surface area (Å²) in [4.78, 5) is 22.5. The van der Waals surface area contributed by atoms with Crippen LogP contribution in [0.2, 0.25) is 0 Å². The van der Waals surface area contributed by atoms with E-state index in [-0.39, 0.29) is 18.1 Å². The molecule has 0 saturated carbocycles. The Kier molecular flexibility index (Phi) is 2.74. The van der Waals surface area contributed by atoms with Crippen molar-refractivity contribution in [2.75, 3.05) is 0 Å². The lowest BCUT2D eigenvalue weighted by atomic mass is 10.2. The third-order valence-electron chi connectivity index (χ3n) is 3.14. The van der Waals surface area contributed by atoms with Crippen molar-refractivity contribution in [3.8, 4) is 0 Å². The van der Waals surface area contributed by atoms with Crippen molar-refractivity contribution in [3.05, 3.63) is 23.2 Å². The first-order valence-corrected chi connectivity index (χ1v) is 6.92. The van der Waals surface area contributed by atoms with Crippen LogP contribution in [-0.4, -0.2) is 34.5 Å². The summed E-state index contributed by atoms with van der Waals surface area (Å²) in [6.45, 7) is 3.92. The third-order valence-corrected chi connectivity index (χ3v) is 5.48. The van der Waals surface area contributed by atoms with Gasteiger partial charge in [-0.3, -0.25) is 4.79 Å². The average Bonchev–Trinajstić information content (AvgIpc) is 2.66. The molecule has 1 amide bonds. The molecule has 19 heavy (non-hydrogen) atoms. The lowest BCUT2D eigenvalue weighted by molar-refractivity contribution is -0.132. The summed E-state index contributed by atoms with van der Waals surface area (Å²) in [5, 5.41) is 8.83. The number of carbonyl (C=O) groups is 2. The molecule has 104 valence electrons. The lowest BCUT2D eigenvalue weighted by Gasteiger charge is -2.42. The van der Waals surface area contributed by atoms with Crippen LogP contribution in [0.4, 0.5) is 0 Å². The molecule has 0 radical (unpaired) electrons. The number of hydrogen-bond acceptors (Lipinski definition) is 5. The van der Waals surface area contributed by atoms with Crippen LogP contribution in [0.15, 0.2) is 10.5 Å². The standard InChI is InChI=1S/C11H13NO6S/c1-6-4-7(18-8(6)9(13)14)5-12-10(15)11(2,3)19(12,16)17/h4H,5H2,1-3H3,(H,13,14). The number of carboxylic acid groups (broad SMARTS) is 1. The summed E-state index contributed by atoms with van der Waals surface area (Å²) in [7, 11) is -3.70. The molecule has 1 N–H and O–H groups in total. The molecule has 0 unspecified atom stereocenters. The number of carbonyl (C=O) groups excluding carboxylic acids is 1. The van der Waals surface area contributed by atoms with E-state index < -0.39 is 26.6 Å². The van der Waals surface area contributed by atoms with Crippen LogP contribution in [0.5, 0.6) is 0 Å². The summed E-state index contributed by atoms with van der Waals surface area (Å²) in [6, 6.07) is 1.41.